The topological polar surface area (TPSA) is 24.9 Å². The van der Waals surface area contributed by atoms with E-state index in [-0.39, 0.29) is 0 Å². The molecule has 0 spiro atoms. The number of nitrogens with zero attached hydrogens (tertiary/aromatic N) is 1. The zero-order valence-corrected chi connectivity index (χ0v) is 7.51. The molecule has 1 saturated heterocycles. The van der Waals surface area contributed by atoms with Crippen molar-refractivity contribution in [2.75, 3.05) is 6.54 Å². The minimum absolute atomic E-state index is 0.422. The molecule has 0 aliphatic carbocycles. The molecule has 0 bridgehead atoms. The van der Waals surface area contributed by atoms with Gasteiger partial charge in [-0.05, 0) is 25.5 Å². The van der Waals surface area contributed by atoms with Crippen LogP contribution in [-0.2, 0) is 0 Å². The number of aromatic nitrogens is 1. The van der Waals surface area contributed by atoms with Gasteiger partial charge in [-0.25, -0.2) is 0 Å². The van der Waals surface area contributed by atoms with Crippen LogP contribution in [0, 0.1) is 0 Å². The number of nitrogens with one attached hydrogen (secondary N) is 1. The first-order chi connectivity index (χ1) is 5.88. The average Bonchev–Trinajstić information content (AvgIpc) is 2.57. The molecule has 0 amide bonds. The first-order valence-corrected chi connectivity index (χ1v) is 4.58. The van der Waals surface area contributed by atoms with Crippen LogP contribution in [0.1, 0.15) is 24.4 Å². The standard InChI is InChI=1S/C9H11ClN2/c10-8-3-5-11-6-7(8)9-2-1-4-12-9/h3,5-6,9,12H,1-2,4H2. The van der Waals surface area contributed by atoms with Crippen LogP contribution < -0.4 is 5.32 Å². The molecule has 1 aliphatic heterocycles. The fraction of sp³-hybridized carbons (Fsp3) is 0.444. The Morgan fingerprint density at radius 3 is 3.17 bits per heavy atom. The van der Waals surface area contributed by atoms with Crippen molar-refractivity contribution >= 4 is 11.6 Å². The molecular weight excluding hydrogens is 172 g/mol. The van der Waals surface area contributed by atoms with Crippen molar-refractivity contribution in [1.29, 1.82) is 0 Å². The number of halogens is 1. The van der Waals surface area contributed by atoms with Gasteiger partial charge in [-0.1, -0.05) is 11.6 Å². The molecule has 2 heterocycles. The SMILES string of the molecule is Clc1ccncc1C1CCCN1. The highest BCUT2D eigenvalue weighted by molar-refractivity contribution is 6.31. The van der Waals surface area contributed by atoms with Crippen molar-refractivity contribution in [2.45, 2.75) is 18.9 Å². The molecule has 1 aromatic rings. The number of hydrogen-bond donors (Lipinski definition) is 1. The monoisotopic (exact) mass is 182 g/mol. The smallest absolute Gasteiger partial charge is 0.0484 e. The average molecular weight is 183 g/mol. The Kier molecular flexibility index (Phi) is 2.28. The van der Waals surface area contributed by atoms with E-state index in [4.69, 9.17) is 11.6 Å². The number of hydrogen-bond acceptors (Lipinski definition) is 2. The van der Waals surface area contributed by atoms with Gasteiger partial charge in [0, 0.05) is 29.0 Å². The summed E-state index contributed by atoms with van der Waals surface area (Å²) in [5, 5.41) is 4.21. The van der Waals surface area contributed by atoms with Crippen LogP contribution in [0.25, 0.3) is 0 Å². The van der Waals surface area contributed by atoms with Crippen molar-refractivity contribution in [3.63, 3.8) is 0 Å². The fourth-order valence-electron chi connectivity index (χ4n) is 1.60. The second-order valence-corrected chi connectivity index (χ2v) is 3.45. The van der Waals surface area contributed by atoms with Crippen LogP contribution in [0.5, 0.6) is 0 Å². The van der Waals surface area contributed by atoms with Gasteiger partial charge in [-0.15, -0.1) is 0 Å². The quantitative estimate of drug-likeness (QED) is 0.720. The van der Waals surface area contributed by atoms with Gasteiger partial charge in [0.1, 0.15) is 0 Å². The van der Waals surface area contributed by atoms with Gasteiger partial charge in [-0.2, -0.15) is 0 Å². The van der Waals surface area contributed by atoms with E-state index in [1.54, 1.807) is 6.20 Å². The van der Waals surface area contributed by atoms with Crippen LogP contribution >= 0.6 is 11.6 Å². The van der Waals surface area contributed by atoms with Gasteiger partial charge in [0.25, 0.3) is 0 Å². The molecule has 2 rings (SSSR count). The number of rotatable bonds is 1. The highest BCUT2D eigenvalue weighted by atomic mass is 35.5. The summed E-state index contributed by atoms with van der Waals surface area (Å²) in [6.07, 6.45) is 5.98. The van der Waals surface area contributed by atoms with E-state index in [9.17, 15) is 0 Å². The summed E-state index contributed by atoms with van der Waals surface area (Å²) in [6.45, 7) is 1.09. The maximum atomic E-state index is 6.02. The Morgan fingerprint density at radius 2 is 2.50 bits per heavy atom. The normalized spacial score (nSPS) is 22.9. The van der Waals surface area contributed by atoms with Crippen LogP contribution in [-0.4, -0.2) is 11.5 Å². The van der Waals surface area contributed by atoms with Crippen molar-refractivity contribution in [2.24, 2.45) is 0 Å². The zero-order chi connectivity index (χ0) is 8.39. The first kappa shape index (κ1) is 8.02. The molecule has 0 radical (unpaired) electrons. The van der Waals surface area contributed by atoms with Gasteiger partial charge in [0.15, 0.2) is 0 Å². The molecule has 0 saturated carbocycles. The van der Waals surface area contributed by atoms with E-state index >= 15 is 0 Å². The third-order valence-electron chi connectivity index (χ3n) is 2.23. The van der Waals surface area contributed by atoms with E-state index in [2.05, 4.69) is 10.3 Å². The van der Waals surface area contributed by atoms with Crippen LogP contribution in [0.15, 0.2) is 18.5 Å². The second-order valence-electron chi connectivity index (χ2n) is 3.05. The van der Waals surface area contributed by atoms with Crippen LogP contribution in [0.2, 0.25) is 5.02 Å². The summed E-state index contributed by atoms with van der Waals surface area (Å²) in [6, 6.07) is 2.27. The van der Waals surface area contributed by atoms with E-state index in [0.29, 0.717) is 6.04 Å². The molecule has 64 valence electrons. The van der Waals surface area contributed by atoms with Crippen LogP contribution in [0.3, 0.4) is 0 Å². The Morgan fingerprint density at radius 1 is 1.58 bits per heavy atom. The molecule has 12 heavy (non-hydrogen) atoms. The highest BCUT2D eigenvalue weighted by Gasteiger charge is 2.18. The Labute approximate surface area is 77.0 Å². The van der Waals surface area contributed by atoms with Crippen molar-refractivity contribution < 1.29 is 0 Å². The summed E-state index contributed by atoms with van der Waals surface area (Å²) in [7, 11) is 0. The van der Waals surface area contributed by atoms with Crippen molar-refractivity contribution in [3.05, 3.63) is 29.0 Å². The van der Waals surface area contributed by atoms with E-state index < -0.39 is 0 Å². The maximum Gasteiger partial charge on any atom is 0.0484 e. The Hall–Kier alpha value is -0.600. The summed E-state index contributed by atoms with van der Waals surface area (Å²) in [5.41, 5.74) is 1.14. The summed E-state index contributed by atoms with van der Waals surface area (Å²) < 4.78 is 0. The molecule has 1 aliphatic rings. The fourth-order valence-corrected chi connectivity index (χ4v) is 1.83. The third-order valence-corrected chi connectivity index (χ3v) is 2.58. The van der Waals surface area contributed by atoms with Crippen molar-refractivity contribution in [1.82, 2.24) is 10.3 Å². The molecule has 1 atom stereocenters. The maximum absolute atomic E-state index is 6.02. The highest BCUT2D eigenvalue weighted by Crippen LogP contribution is 2.27. The van der Waals surface area contributed by atoms with E-state index in [1.807, 2.05) is 12.3 Å². The second kappa shape index (κ2) is 3.42. The van der Waals surface area contributed by atoms with Gasteiger partial charge in [-0.3, -0.25) is 4.98 Å². The number of pyridine rings is 1. The minimum atomic E-state index is 0.422. The molecular formula is C9H11ClN2. The van der Waals surface area contributed by atoms with Gasteiger partial charge < -0.3 is 5.32 Å². The lowest BCUT2D eigenvalue weighted by atomic mass is 10.1. The predicted octanol–water partition coefficient (Wildman–Crippen LogP) is 2.16. The molecule has 1 N–H and O–H groups in total. The van der Waals surface area contributed by atoms with Gasteiger partial charge >= 0.3 is 0 Å². The van der Waals surface area contributed by atoms with Gasteiger partial charge in [0.05, 0.1) is 0 Å². The Bertz CT molecular complexity index is 269. The molecule has 1 fully saturated rings. The van der Waals surface area contributed by atoms with E-state index in [0.717, 1.165) is 17.1 Å². The lowest BCUT2D eigenvalue weighted by Gasteiger charge is -2.10. The van der Waals surface area contributed by atoms with Gasteiger partial charge in [0.2, 0.25) is 0 Å². The predicted molar refractivity (Wildman–Crippen MR) is 49.2 cm³/mol. The minimum Gasteiger partial charge on any atom is -0.310 e. The summed E-state index contributed by atoms with van der Waals surface area (Å²) in [4.78, 5) is 4.07. The lowest BCUT2D eigenvalue weighted by Crippen LogP contribution is -2.13. The lowest BCUT2D eigenvalue weighted by molar-refractivity contribution is 0.645. The summed E-state index contributed by atoms with van der Waals surface area (Å²) in [5.74, 6) is 0. The largest absolute Gasteiger partial charge is 0.310 e. The molecule has 2 nitrogen and oxygen atoms in total. The van der Waals surface area contributed by atoms with E-state index in [1.165, 1.54) is 12.8 Å². The van der Waals surface area contributed by atoms with Crippen molar-refractivity contribution in [3.8, 4) is 0 Å². The molecule has 1 unspecified atom stereocenters. The first-order valence-electron chi connectivity index (χ1n) is 4.21. The third kappa shape index (κ3) is 1.45. The zero-order valence-electron chi connectivity index (χ0n) is 6.76. The molecule has 1 aromatic heterocycles. The molecule has 3 heteroatoms. The molecule has 0 aromatic carbocycles. The Balaban J connectivity index is 2.26. The van der Waals surface area contributed by atoms with Crippen LogP contribution in [0.4, 0.5) is 0 Å². The summed E-state index contributed by atoms with van der Waals surface area (Å²) >= 11 is 6.02.